The van der Waals surface area contributed by atoms with Gasteiger partial charge in [-0.3, -0.25) is 0 Å². The van der Waals surface area contributed by atoms with Crippen molar-refractivity contribution in [2.24, 2.45) is 0 Å². The molecule has 1 fully saturated rings. The summed E-state index contributed by atoms with van der Waals surface area (Å²) in [5.74, 6) is 1.53. The highest BCUT2D eigenvalue weighted by molar-refractivity contribution is 6.35. The van der Waals surface area contributed by atoms with Crippen LogP contribution >= 0.6 is 23.2 Å². The van der Waals surface area contributed by atoms with Crippen molar-refractivity contribution in [3.63, 3.8) is 0 Å². The number of hydrogen-bond acceptors (Lipinski definition) is 1. The Morgan fingerprint density at radius 2 is 1.86 bits per heavy atom. The third-order valence-electron chi connectivity index (χ3n) is 3.94. The lowest BCUT2D eigenvalue weighted by Crippen LogP contribution is -1.97. The Morgan fingerprint density at radius 3 is 2.52 bits per heavy atom. The molecule has 21 heavy (non-hydrogen) atoms. The Balaban J connectivity index is 1.95. The molecule has 0 atom stereocenters. The number of halogens is 2. The number of hydrogen-bond donors (Lipinski definition) is 0. The Bertz CT molecular complexity index is 802. The summed E-state index contributed by atoms with van der Waals surface area (Å²) in [7, 11) is 0. The maximum Gasteiger partial charge on any atom is 0.141 e. The van der Waals surface area contributed by atoms with E-state index in [4.69, 9.17) is 28.2 Å². The van der Waals surface area contributed by atoms with Crippen molar-refractivity contribution in [3.05, 3.63) is 53.1 Å². The molecule has 1 aliphatic rings. The van der Waals surface area contributed by atoms with Gasteiger partial charge in [-0.05, 0) is 30.5 Å². The first-order valence-corrected chi connectivity index (χ1v) is 8.01. The second-order valence-electron chi connectivity index (χ2n) is 5.47. The van der Waals surface area contributed by atoms with Crippen LogP contribution in [0.25, 0.3) is 22.4 Å². The molecule has 1 aromatic heterocycles. The highest BCUT2D eigenvalue weighted by Gasteiger charge is 2.29. The molecule has 1 aliphatic carbocycles. The van der Waals surface area contributed by atoms with Crippen molar-refractivity contribution in [2.75, 3.05) is 0 Å². The van der Waals surface area contributed by atoms with Crippen molar-refractivity contribution in [2.45, 2.75) is 24.8 Å². The van der Waals surface area contributed by atoms with E-state index in [1.807, 2.05) is 18.2 Å². The second-order valence-corrected chi connectivity index (χ2v) is 6.15. The topological polar surface area (TPSA) is 17.8 Å². The van der Waals surface area contributed by atoms with Crippen LogP contribution in [0.3, 0.4) is 0 Å². The second kappa shape index (κ2) is 5.04. The van der Waals surface area contributed by atoms with Crippen LogP contribution in [0.1, 0.15) is 24.4 Å². The molecule has 2 nitrogen and oxygen atoms in total. The smallest absolute Gasteiger partial charge is 0.141 e. The molecule has 2 aromatic carbocycles. The van der Waals surface area contributed by atoms with Gasteiger partial charge in [0.25, 0.3) is 0 Å². The zero-order valence-corrected chi connectivity index (χ0v) is 12.9. The van der Waals surface area contributed by atoms with Gasteiger partial charge >= 0.3 is 0 Å². The molecule has 4 rings (SSSR count). The molecular weight excluding hydrogens is 303 g/mol. The molecule has 0 radical (unpaired) electrons. The Morgan fingerprint density at radius 1 is 1.10 bits per heavy atom. The number of fused-ring (bicyclic) bond motifs is 1. The summed E-state index contributed by atoms with van der Waals surface area (Å²) in [6.45, 7) is 0. The first kappa shape index (κ1) is 13.2. The van der Waals surface area contributed by atoms with Crippen molar-refractivity contribution >= 4 is 34.2 Å². The van der Waals surface area contributed by atoms with E-state index in [0.717, 1.165) is 33.0 Å². The lowest BCUT2D eigenvalue weighted by atomic mass is 10.1. The molecule has 0 spiro atoms. The fourth-order valence-corrected chi connectivity index (χ4v) is 3.18. The maximum absolute atomic E-state index is 6.40. The van der Waals surface area contributed by atoms with Crippen LogP contribution in [0, 0.1) is 0 Å². The minimum atomic E-state index is 0.526. The summed E-state index contributed by atoms with van der Waals surface area (Å²) < 4.78 is 2.30. The zero-order chi connectivity index (χ0) is 14.4. The van der Waals surface area contributed by atoms with Crippen molar-refractivity contribution in [3.8, 4) is 11.4 Å². The van der Waals surface area contributed by atoms with Crippen LogP contribution in [0.5, 0.6) is 0 Å². The predicted octanol–water partition coefficient (Wildman–Crippen LogP) is 5.43. The highest BCUT2D eigenvalue weighted by atomic mass is 35.5. The summed E-state index contributed by atoms with van der Waals surface area (Å²) in [6.07, 6.45) is 2.40. The normalized spacial score (nSPS) is 14.8. The van der Waals surface area contributed by atoms with Crippen LogP contribution in [-0.4, -0.2) is 9.55 Å². The van der Waals surface area contributed by atoms with E-state index in [0.29, 0.717) is 11.9 Å². The predicted molar refractivity (Wildman–Crippen MR) is 88.0 cm³/mol. The van der Waals surface area contributed by atoms with Gasteiger partial charge in [0.05, 0.1) is 16.1 Å². The summed E-state index contributed by atoms with van der Waals surface area (Å²) >= 11 is 12.3. The third kappa shape index (κ3) is 2.23. The fourth-order valence-electron chi connectivity index (χ4n) is 2.74. The average molecular weight is 317 g/mol. The van der Waals surface area contributed by atoms with Gasteiger partial charge in [0.15, 0.2) is 0 Å². The number of rotatable bonds is 3. The largest absolute Gasteiger partial charge is 0.320 e. The zero-order valence-electron chi connectivity index (χ0n) is 11.4. The first-order chi connectivity index (χ1) is 10.3. The number of nitrogens with zero attached hydrogens (tertiary/aromatic N) is 2. The number of benzene rings is 2. The molecule has 0 unspecified atom stereocenters. The van der Waals surface area contributed by atoms with E-state index >= 15 is 0 Å². The lowest BCUT2D eigenvalue weighted by Gasteiger charge is -2.09. The summed E-state index contributed by atoms with van der Waals surface area (Å²) in [4.78, 5) is 4.81. The van der Waals surface area contributed by atoms with Crippen LogP contribution in [0.4, 0.5) is 0 Å². The van der Waals surface area contributed by atoms with Crippen LogP contribution in [0.15, 0.2) is 42.5 Å². The molecule has 4 heteroatoms. The van der Waals surface area contributed by atoms with Crippen LogP contribution < -0.4 is 0 Å². The highest BCUT2D eigenvalue weighted by Crippen LogP contribution is 2.42. The first-order valence-electron chi connectivity index (χ1n) is 7.09. The fraction of sp³-hybridized carbons (Fsp3) is 0.235. The summed E-state index contributed by atoms with van der Waals surface area (Å²) in [5.41, 5.74) is 4.25. The number of alkyl halides is 1. The maximum atomic E-state index is 6.40. The SMILES string of the molecule is ClCc1ccc(-c2nc3cccc(Cl)c3n2C2CC2)cc1. The number of aromatic nitrogens is 2. The molecule has 1 heterocycles. The quantitative estimate of drug-likeness (QED) is 0.589. The van der Waals surface area contributed by atoms with Gasteiger partial charge in [0.1, 0.15) is 5.82 Å². The van der Waals surface area contributed by atoms with Gasteiger partial charge in [-0.1, -0.05) is 41.9 Å². The van der Waals surface area contributed by atoms with Crippen molar-refractivity contribution in [1.82, 2.24) is 9.55 Å². The Kier molecular flexibility index (Phi) is 3.16. The molecular formula is C17H14Cl2N2. The number of para-hydroxylation sites is 1. The average Bonchev–Trinajstić information content (AvgIpc) is 3.28. The molecule has 0 amide bonds. The molecule has 106 valence electrons. The molecule has 0 N–H and O–H groups in total. The van der Waals surface area contributed by atoms with Crippen LogP contribution in [-0.2, 0) is 5.88 Å². The third-order valence-corrected chi connectivity index (χ3v) is 4.55. The van der Waals surface area contributed by atoms with Gasteiger partial charge in [-0.25, -0.2) is 4.98 Å². The molecule has 1 saturated carbocycles. The molecule has 3 aromatic rings. The summed E-state index contributed by atoms with van der Waals surface area (Å²) in [6, 6.07) is 14.7. The van der Waals surface area contributed by atoms with Crippen LogP contribution in [0.2, 0.25) is 5.02 Å². The van der Waals surface area contributed by atoms with E-state index in [1.165, 1.54) is 12.8 Å². The van der Waals surface area contributed by atoms with Gasteiger partial charge in [0.2, 0.25) is 0 Å². The minimum absolute atomic E-state index is 0.526. The number of imidazole rings is 1. The van der Waals surface area contributed by atoms with E-state index in [-0.39, 0.29) is 0 Å². The van der Waals surface area contributed by atoms with E-state index in [2.05, 4.69) is 28.8 Å². The van der Waals surface area contributed by atoms with E-state index in [9.17, 15) is 0 Å². The standard InChI is InChI=1S/C17H14Cl2N2/c18-10-11-4-6-12(7-5-11)17-20-15-3-1-2-14(19)16(15)21(17)13-8-9-13/h1-7,13H,8-10H2. The summed E-state index contributed by atoms with van der Waals surface area (Å²) in [5, 5.41) is 0.774. The Hall–Kier alpha value is -1.51. The minimum Gasteiger partial charge on any atom is -0.320 e. The van der Waals surface area contributed by atoms with Crippen molar-refractivity contribution < 1.29 is 0 Å². The Labute approximate surface area is 133 Å². The lowest BCUT2D eigenvalue weighted by molar-refractivity contribution is 0.775. The monoisotopic (exact) mass is 316 g/mol. The molecule has 0 saturated heterocycles. The van der Waals surface area contributed by atoms with Gasteiger partial charge in [-0.15, -0.1) is 11.6 Å². The molecule has 0 bridgehead atoms. The van der Waals surface area contributed by atoms with Gasteiger partial charge in [-0.2, -0.15) is 0 Å². The van der Waals surface area contributed by atoms with E-state index in [1.54, 1.807) is 0 Å². The van der Waals surface area contributed by atoms with Gasteiger partial charge in [0, 0.05) is 17.5 Å². The van der Waals surface area contributed by atoms with E-state index < -0.39 is 0 Å². The van der Waals surface area contributed by atoms with Gasteiger partial charge < -0.3 is 4.57 Å². The molecule has 0 aliphatic heterocycles. The van der Waals surface area contributed by atoms with Crippen molar-refractivity contribution in [1.29, 1.82) is 0 Å².